The Morgan fingerprint density at radius 2 is 1.56 bits per heavy atom. The second-order valence-electron chi connectivity index (χ2n) is 9.46. The van der Waals surface area contributed by atoms with Gasteiger partial charge in [0, 0.05) is 16.6 Å². The van der Waals surface area contributed by atoms with Gasteiger partial charge in [0.25, 0.3) is 5.91 Å². The lowest BCUT2D eigenvalue weighted by Crippen LogP contribution is -2.57. The van der Waals surface area contributed by atoms with Crippen molar-refractivity contribution >= 4 is 34.1 Å². The van der Waals surface area contributed by atoms with Crippen molar-refractivity contribution in [3.8, 4) is 22.8 Å². The van der Waals surface area contributed by atoms with E-state index in [0.717, 1.165) is 12.1 Å². The van der Waals surface area contributed by atoms with Crippen molar-refractivity contribution in [1.29, 1.82) is 0 Å². The fraction of sp³-hybridized carbons (Fsp3) is 0.200. The van der Waals surface area contributed by atoms with Crippen LogP contribution in [0.5, 0.6) is 11.5 Å². The van der Waals surface area contributed by atoms with Crippen molar-refractivity contribution < 1.29 is 49.8 Å². The van der Waals surface area contributed by atoms with Crippen molar-refractivity contribution in [1.82, 2.24) is 10.4 Å². The molecule has 1 heterocycles. The van der Waals surface area contributed by atoms with E-state index in [9.17, 15) is 40.3 Å². The number of carbonyl (C=O) groups is 2. The van der Waals surface area contributed by atoms with Crippen LogP contribution in [0.25, 0.3) is 22.2 Å². The SMILES string of the molecule is COc1ccc(OC)c(-c2cc(C(=O)N/N=C(\C)c3cccc(NC(=O)C(F)(F)C(F)(F)C(F)(F)F)c3)c3ccccc3n2)c1. The van der Waals surface area contributed by atoms with Gasteiger partial charge in [0.2, 0.25) is 0 Å². The number of para-hydroxylation sites is 1. The molecule has 0 aliphatic rings. The number of nitrogens with one attached hydrogen (secondary N) is 2. The molecule has 15 heteroatoms. The summed E-state index contributed by atoms with van der Waals surface area (Å²) in [5.74, 6) is -15.3. The molecule has 4 aromatic rings. The van der Waals surface area contributed by atoms with Crippen LogP contribution in [-0.2, 0) is 4.79 Å². The van der Waals surface area contributed by atoms with Crippen LogP contribution in [0.1, 0.15) is 22.8 Å². The molecule has 0 atom stereocenters. The summed E-state index contributed by atoms with van der Waals surface area (Å²) < 4.78 is 102. The van der Waals surface area contributed by atoms with E-state index in [0.29, 0.717) is 33.7 Å². The van der Waals surface area contributed by atoms with E-state index < -0.39 is 35.5 Å². The topological polar surface area (TPSA) is 102 Å². The third-order valence-corrected chi connectivity index (χ3v) is 6.54. The number of anilines is 1. The van der Waals surface area contributed by atoms with E-state index in [1.54, 1.807) is 42.5 Å². The lowest BCUT2D eigenvalue weighted by Gasteiger charge is -2.27. The van der Waals surface area contributed by atoms with Gasteiger partial charge in [0.15, 0.2) is 0 Å². The van der Waals surface area contributed by atoms with Crippen LogP contribution in [0, 0.1) is 0 Å². The van der Waals surface area contributed by atoms with Crippen molar-refractivity contribution in [2.75, 3.05) is 19.5 Å². The molecular formula is C30H23F7N4O4. The number of methoxy groups -OCH3 is 2. The minimum absolute atomic E-state index is 0.0693. The molecule has 1 aromatic heterocycles. The highest BCUT2D eigenvalue weighted by Crippen LogP contribution is 2.47. The zero-order valence-electron chi connectivity index (χ0n) is 23.6. The number of carbonyl (C=O) groups excluding carboxylic acids is 2. The highest BCUT2D eigenvalue weighted by atomic mass is 19.4. The number of hydrazone groups is 1. The predicted octanol–water partition coefficient (Wildman–Crippen LogP) is 6.84. The molecule has 3 aromatic carbocycles. The number of benzene rings is 3. The Kier molecular flexibility index (Phi) is 9.02. The summed E-state index contributed by atoms with van der Waals surface area (Å²) in [4.78, 5) is 29.7. The quantitative estimate of drug-likeness (QED) is 0.119. The number of amides is 2. The zero-order valence-corrected chi connectivity index (χ0v) is 23.6. The van der Waals surface area contributed by atoms with Crippen LogP contribution >= 0.6 is 0 Å². The molecule has 2 amide bonds. The predicted molar refractivity (Wildman–Crippen MR) is 151 cm³/mol. The van der Waals surface area contributed by atoms with Gasteiger partial charge in [-0.15, -0.1) is 0 Å². The number of pyridine rings is 1. The Bertz CT molecular complexity index is 1790. The standard InChI is InChI=1S/C30H23F7N4O4/c1-16(17-7-6-8-18(13-17)38-27(43)28(31,32)29(33,34)30(35,36)37)40-41-26(42)21-15-24(39-23-10-5-4-9-20(21)23)22-14-19(44-2)11-12-25(22)45-3/h4-15H,1-3H3,(H,38,43)(H,41,42)/b40-16+. The molecule has 0 saturated heterocycles. The Morgan fingerprint density at radius 3 is 2.22 bits per heavy atom. The van der Waals surface area contributed by atoms with Gasteiger partial charge in [-0.1, -0.05) is 30.3 Å². The molecule has 0 aliphatic carbocycles. The van der Waals surface area contributed by atoms with E-state index in [4.69, 9.17) is 9.47 Å². The number of halogens is 7. The maximum absolute atomic E-state index is 13.8. The van der Waals surface area contributed by atoms with Crippen LogP contribution in [0.3, 0.4) is 0 Å². The summed E-state index contributed by atoms with van der Waals surface area (Å²) in [6.45, 7) is 1.39. The Morgan fingerprint density at radius 1 is 0.844 bits per heavy atom. The molecule has 0 spiro atoms. The average molecular weight is 637 g/mol. The van der Waals surface area contributed by atoms with Gasteiger partial charge in [-0.25, -0.2) is 10.4 Å². The number of nitrogens with zero attached hydrogens (tertiary/aromatic N) is 2. The third kappa shape index (κ3) is 6.51. The number of hydrogen-bond donors (Lipinski definition) is 2. The summed E-state index contributed by atoms with van der Waals surface area (Å²) in [5.41, 5.74) is 3.60. The van der Waals surface area contributed by atoms with Crippen LogP contribution < -0.4 is 20.2 Å². The Balaban J connectivity index is 1.61. The molecule has 236 valence electrons. The summed E-state index contributed by atoms with van der Waals surface area (Å²) in [6.07, 6.45) is -6.67. The summed E-state index contributed by atoms with van der Waals surface area (Å²) in [6, 6.07) is 18.0. The maximum Gasteiger partial charge on any atom is 0.460 e. The van der Waals surface area contributed by atoms with Gasteiger partial charge in [-0.3, -0.25) is 9.59 Å². The number of alkyl halides is 7. The number of ether oxygens (including phenoxy) is 2. The van der Waals surface area contributed by atoms with Crippen molar-refractivity contribution in [2.24, 2.45) is 5.10 Å². The first-order chi connectivity index (χ1) is 21.1. The first-order valence-electron chi connectivity index (χ1n) is 12.8. The fourth-order valence-corrected chi connectivity index (χ4v) is 4.13. The molecule has 8 nitrogen and oxygen atoms in total. The second kappa shape index (κ2) is 12.4. The van der Waals surface area contributed by atoms with Crippen molar-refractivity contribution in [2.45, 2.75) is 24.9 Å². The van der Waals surface area contributed by atoms with Gasteiger partial charge in [-0.2, -0.15) is 35.8 Å². The molecule has 0 aliphatic heterocycles. The van der Waals surface area contributed by atoms with Crippen LogP contribution in [0.4, 0.5) is 36.4 Å². The van der Waals surface area contributed by atoms with E-state index in [1.807, 2.05) is 0 Å². The molecule has 2 N–H and O–H groups in total. The summed E-state index contributed by atoms with van der Waals surface area (Å²) >= 11 is 0. The van der Waals surface area contributed by atoms with Gasteiger partial charge >= 0.3 is 23.9 Å². The molecule has 0 bridgehead atoms. The minimum atomic E-state index is -6.67. The largest absolute Gasteiger partial charge is 0.497 e. The van der Waals surface area contributed by atoms with Gasteiger partial charge in [-0.05, 0) is 55.0 Å². The van der Waals surface area contributed by atoms with E-state index in [1.165, 1.54) is 44.7 Å². The first kappa shape index (κ1) is 32.7. The van der Waals surface area contributed by atoms with E-state index >= 15 is 0 Å². The molecule has 0 fully saturated rings. The van der Waals surface area contributed by atoms with Crippen LogP contribution in [-0.4, -0.2) is 54.8 Å². The van der Waals surface area contributed by atoms with Crippen molar-refractivity contribution in [3.63, 3.8) is 0 Å². The average Bonchev–Trinajstić information content (AvgIpc) is 3.01. The molecule has 0 unspecified atom stereocenters. The normalized spacial score (nSPS) is 12.5. The number of rotatable bonds is 9. The molecule has 4 rings (SSSR count). The fourth-order valence-electron chi connectivity index (χ4n) is 4.13. The number of fused-ring (bicyclic) bond motifs is 1. The van der Waals surface area contributed by atoms with Crippen LogP contribution in [0.15, 0.2) is 77.9 Å². The minimum Gasteiger partial charge on any atom is -0.497 e. The number of hydrogen-bond acceptors (Lipinski definition) is 6. The molecule has 0 radical (unpaired) electrons. The van der Waals surface area contributed by atoms with E-state index in [-0.39, 0.29) is 16.8 Å². The lowest BCUT2D eigenvalue weighted by atomic mass is 10.0. The van der Waals surface area contributed by atoms with Gasteiger partial charge in [0.1, 0.15) is 11.5 Å². The maximum atomic E-state index is 13.8. The Hall–Kier alpha value is -5.21. The first-order valence-corrected chi connectivity index (χ1v) is 12.8. The smallest absolute Gasteiger partial charge is 0.460 e. The lowest BCUT2D eigenvalue weighted by molar-refractivity contribution is -0.343. The molecule has 0 saturated carbocycles. The number of aromatic nitrogens is 1. The zero-order chi connectivity index (χ0) is 33.2. The summed E-state index contributed by atoms with van der Waals surface area (Å²) in [5, 5.41) is 5.85. The monoisotopic (exact) mass is 636 g/mol. The molecule has 45 heavy (non-hydrogen) atoms. The van der Waals surface area contributed by atoms with E-state index in [2.05, 4.69) is 15.5 Å². The second-order valence-corrected chi connectivity index (χ2v) is 9.46. The summed E-state index contributed by atoms with van der Waals surface area (Å²) in [7, 11) is 2.96. The Labute approximate surface area is 250 Å². The highest BCUT2D eigenvalue weighted by molar-refractivity contribution is 6.08. The van der Waals surface area contributed by atoms with Gasteiger partial charge < -0.3 is 14.8 Å². The third-order valence-electron chi connectivity index (χ3n) is 6.54. The van der Waals surface area contributed by atoms with Crippen molar-refractivity contribution in [3.05, 3.63) is 83.9 Å². The van der Waals surface area contributed by atoms with Gasteiger partial charge in [0.05, 0.1) is 36.7 Å². The molecular weight excluding hydrogens is 613 g/mol. The highest BCUT2D eigenvalue weighted by Gasteiger charge is 2.76. The van der Waals surface area contributed by atoms with Crippen LogP contribution in [0.2, 0.25) is 0 Å².